The van der Waals surface area contributed by atoms with Crippen LogP contribution >= 0.6 is 27.0 Å². The molecule has 0 saturated heterocycles. The lowest BCUT2D eigenvalue weighted by molar-refractivity contribution is 0.538. The van der Waals surface area contributed by atoms with Gasteiger partial charge in [0, 0.05) is 0 Å². The Labute approximate surface area is 233 Å². The third-order valence-electron chi connectivity index (χ3n) is 6.91. The Morgan fingerprint density at radius 1 is 0.176 bits per heavy atom. The topological polar surface area (TPSA) is 0 Å². The summed E-state index contributed by atoms with van der Waals surface area (Å²) < 4.78 is 0. The van der Waals surface area contributed by atoms with Gasteiger partial charge in [-0.25, -0.2) is 0 Å². The lowest BCUT2D eigenvalue weighted by atomic mass is 10.0. The Bertz CT molecular complexity index is 224. The first-order valence-corrected chi connectivity index (χ1v) is 15.8. The van der Waals surface area contributed by atoms with Gasteiger partial charge in [-0.05, 0) is 0 Å². The average Bonchev–Trinajstić information content (AvgIpc) is 2.81. The molecule has 0 aliphatic heterocycles. The van der Waals surface area contributed by atoms with Gasteiger partial charge in [-0.3, -0.25) is 0 Å². The Morgan fingerprint density at radius 2 is 0.265 bits per heavy atom. The minimum atomic E-state index is 0. The molecule has 0 aromatic rings. The van der Waals surface area contributed by atoms with Crippen molar-refractivity contribution in [3.05, 3.63) is 0 Å². The lowest BCUT2D eigenvalue weighted by Crippen LogP contribution is -1.82. The summed E-state index contributed by atoms with van der Waals surface area (Å²) in [5, 5.41) is 0. The SMILES string of the molecule is CCCCCCCCCCCCCCCC.CCCCCCCCCCCCCCCC.S.S. The maximum atomic E-state index is 2.29. The van der Waals surface area contributed by atoms with Gasteiger partial charge in [0.15, 0.2) is 0 Å². The molecule has 212 valence electrons. The predicted octanol–water partition coefficient (Wildman–Crippen LogP) is 13.2. The van der Waals surface area contributed by atoms with Crippen LogP contribution in [0, 0.1) is 0 Å². The van der Waals surface area contributed by atoms with Gasteiger partial charge in [-0.2, -0.15) is 27.0 Å². The van der Waals surface area contributed by atoms with Gasteiger partial charge in [0.05, 0.1) is 0 Å². The molecule has 0 aliphatic carbocycles. The Balaban J connectivity index is -0.000000250. The van der Waals surface area contributed by atoms with Crippen LogP contribution in [0.5, 0.6) is 0 Å². The van der Waals surface area contributed by atoms with Crippen LogP contribution in [0.4, 0.5) is 0 Å². The highest BCUT2D eigenvalue weighted by molar-refractivity contribution is 7.59. The molecule has 0 heterocycles. The van der Waals surface area contributed by atoms with Crippen molar-refractivity contribution in [1.29, 1.82) is 0 Å². The van der Waals surface area contributed by atoms with Crippen molar-refractivity contribution in [1.82, 2.24) is 0 Å². The quantitative estimate of drug-likeness (QED) is 0.0994. The number of rotatable bonds is 26. The fourth-order valence-electron chi connectivity index (χ4n) is 4.54. The molecule has 0 saturated carbocycles. The maximum Gasteiger partial charge on any atom is -0.0533 e. The van der Waals surface area contributed by atoms with Crippen molar-refractivity contribution < 1.29 is 0 Å². The van der Waals surface area contributed by atoms with Crippen LogP contribution in [0.3, 0.4) is 0 Å². The first-order valence-electron chi connectivity index (χ1n) is 15.8. The molecule has 0 bridgehead atoms. The van der Waals surface area contributed by atoms with Crippen LogP contribution in [0.1, 0.15) is 207 Å². The Kier molecular flexibility index (Phi) is 53.8. The van der Waals surface area contributed by atoms with Crippen LogP contribution in [0.25, 0.3) is 0 Å². The second kappa shape index (κ2) is 43.7. The van der Waals surface area contributed by atoms with Gasteiger partial charge in [-0.15, -0.1) is 0 Å². The minimum Gasteiger partial charge on any atom is -0.197 e. The van der Waals surface area contributed by atoms with E-state index in [0.29, 0.717) is 0 Å². The zero-order chi connectivity index (χ0) is 23.8. The highest BCUT2D eigenvalue weighted by atomic mass is 32.1. The van der Waals surface area contributed by atoms with Crippen LogP contribution < -0.4 is 0 Å². The van der Waals surface area contributed by atoms with Crippen molar-refractivity contribution in [2.24, 2.45) is 0 Å². The van der Waals surface area contributed by atoms with E-state index in [-0.39, 0.29) is 27.0 Å². The maximum absolute atomic E-state index is 2.29. The summed E-state index contributed by atoms with van der Waals surface area (Å²) in [5.74, 6) is 0. The number of hydrogen-bond donors (Lipinski definition) is 0. The first kappa shape index (κ1) is 41.8. The van der Waals surface area contributed by atoms with Crippen LogP contribution in [0.2, 0.25) is 0 Å². The summed E-state index contributed by atoms with van der Waals surface area (Å²) in [6.45, 7) is 9.16. The van der Waals surface area contributed by atoms with E-state index in [1.165, 1.54) is 180 Å². The normalized spacial score (nSPS) is 10.2. The highest BCUT2D eigenvalue weighted by Gasteiger charge is 1.94. The summed E-state index contributed by atoms with van der Waals surface area (Å²) in [4.78, 5) is 0. The van der Waals surface area contributed by atoms with E-state index in [2.05, 4.69) is 27.7 Å². The van der Waals surface area contributed by atoms with Crippen LogP contribution in [-0.4, -0.2) is 0 Å². The van der Waals surface area contributed by atoms with Crippen LogP contribution in [0.15, 0.2) is 0 Å². The molecule has 2 heteroatoms. The molecular weight excluding hydrogens is 448 g/mol. The zero-order valence-electron chi connectivity index (χ0n) is 24.8. The van der Waals surface area contributed by atoms with Gasteiger partial charge in [-0.1, -0.05) is 207 Å². The summed E-state index contributed by atoms with van der Waals surface area (Å²) >= 11 is 0. The van der Waals surface area contributed by atoms with E-state index in [9.17, 15) is 0 Å². The molecule has 0 rings (SSSR count). The average molecular weight is 521 g/mol. The zero-order valence-corrected chi connectivity index (χ0v) is 26.8. The standard InChI is InChI=1S/2C16H34.2H2S/c2*1-3-5-7-9-11-13-15-16-14-12-10-8-6-4-2;;/h2*3-16H2,1-2H3;2*1H2. The third kappa shape index (κ3) is 46.1. The number of hydrogen-bond acceptors (Lipinski definition) is 0. The fraction of sp³-hybridized carbons (Fsp3) is 1.00. The molecule has 0 aromatic heterocycles. The van der Waals surface area contributed by atoms with E-state index < -0.39 is 0 Å². The second-order valence-electron chi connectivity index (χ2n) is 10.5. The summed E-state index contributed by atoms with van der Waals surface area (Å²) in [6.07, 6.45) is 40.8. The monoisotopic (exact) mass is 521 g/mol. The Morgan fingerprint density at radius 3 is 0.353 bits per heavy atom. The van der Waals surface area contributed by atoms with Gasteiger partial charge in [0.25, 0.3) is 0 Å². The molecule has 34 heavy (non-hydrogen) atoms. The van der Waals surface area contributed by atoms with E-state index in [1.54, 1.807) is 0 Å². The first-order chi connectivity index (χ1) is 15.8. The van der Waals surface area contributed by atoms with Crippen molar-refractivity contribution >= 4 is 27.0 Å². The van der Waals surface area contributed by atoms with Crippen molar-refractivity contribution in [3.63, 3.8) is 0 Å². The van der Waals surface area contributed by atoms with Crippen molar-refractivity contribution in [2.75, 3.05) is 0 Å². The van der Waals surface area contributed by atoms with Gasteiger partial charge >= 0.3 is 0 Å². The van der Waals surface area contributed by atoms with Gasteiger partial charge < -0.3 is 0 Å². The third-order valence-corrected chi connectivity index (χ3v) is 6.91. The molecule has 0 aromatic carbocycles. The highest BCUT2D eigenvalue weighted by Crippen LogP contribution is 2.13. The van der Waals surface area contributed by atoms with Gasteiger partial charge in [0.2, 0.25) is 0 Å². The summed E-state index contributed by atoms with van der Waals surface area (Å²) in [7, 11) is 0. The lowest BCUT2D eigenvalue weighted by Gasteiger charge is -2.02. The molecule has 0 spiro atoms. The summed E-state index contributed by atoms with van der Waals surface area (Å²) in [5.41, 5.74) is 0. The molecule has 0 N–H and O–H groups in total. The smallest absolute Gasteiger partial charge is 0.0533 e. The van der Waals surface area contributed by atoms with Crippen molar-refractivity contribution in [2.45, 2.75) is 207 Å². The number of unbranched alkanes of at least 4 members (excludes halogenated alkanes) is 26. The molecule has 0 aliphatic rings. The van der Waals surface area contributed by atoms with E-state index in [4.69, 9.17) is 0 Å². The summed E-state index contributed by atoms with van der Waals surface area (Å²) in [6, 6.07) is 0. The molecule has 0 unspecified atom stereocenters. The van der Waals surface area contributed by atoms with E-state index in [1.807, 2.05) is 0 Å². The largest absolute Gasteiger partial charge is 0.197 e. The molecule has 0 radical (unpaired) electrons. The molecule has 0 amide bonds. The van der Waals surface area contributed by atoms with E-state index in [0.717, 1.165) is 0 Å². The molecule has 0 fully saturated rings. The van der Waals surface area contributed by atoms with E-state index >= 15 is 0 Å². The molecular formula is C32H72S2. The fourth-order valence-corrected chi connectivity index (χ4v) is 4.54. The van der Waals surface area contributed by atoms with Crippen LogP contribution in [-0.2, 0) is 0 Å². The molecule has 0 nitrogen and oxygen atoms in total. The van der Waals surface area contributed by atoms with Crippen molar-refractivity contribution in [3.8, 4) is 0 Å². The predicted molar refractivity (Wildman–Crippen MR) is 173 cm³/mol. The minimum absolute atomic E-state index is 0. The van der Waals surface area contributed by atoms with Gasteiger partial charge in [0.1, 0.15) is 0 Å². The molecule has 0 atom stereocenters. The second-order valence-corrected chi connectivity index (χ2v) is 10.5. The Hall–Kier alpha value is 0.700.